The molecule has 4 atom stereocenters. The lowest BCUT2D eigenvalue weighted by atomic mass is 9.68. The van der Waals surface area contributed by atoms with Gasteiger partial charge >= 0.3 is 23.9 Å². The van der Waals surface area contributed by atoms with Gasteiger partial charge in [0.05, 0.1) is 23.7 Å². The predicted octanol–water partition coefficient (Wildman–Crippen LogP) is -0.588. The molecule has 2 heterocycles. The second kappa shape index (κ2) is 2.90. The number of ether oxygens (including phenoxy) is 2. The summed E-state index contributed by atoms with van der Waals surface area (Å²) in [5.41, 5.74) is 0. The van der Waals surface area contributed by atoms with Crippen LogP contribution in [0.15, 0.2) is 0 Å². The monoisotopic (exact) mass is 224 g/mol. The Kier molecular flexibility index (Phi) is 1.72. The number of cyclic esters (lactones) is 4. The van der Waals surface area contributed by atoms with Gasteiger partial charge in [0.15, 0.2) is 0 Å². The van der Waals surface area contributed by atoms with Crippen LogP contribution in [0.3, 0.4) is 0 Å². The molecule has 2 saturated heterocycles. The first-order valence-electron chi connectivity index (χ1n) is 5.10. The van der Waals surface area contributed by atoms with Gasteiger partial charge in [-0.2, -0.15) is 0 Å². The standard InChI is InChI=1S/C10H8O6/c11-7-3-1-2-4-6(5(3)9(13)15-7)10(14)16-8(4)12/h3-6H,1-2H2/t3-,4-,5-,6-/m1/s1. The number of rotatable bonds is 0. The van der Waals surface area contributed by atoms with Crippen LogP contribution in [0.1, 0.15) is 12.8 Å². The lowest BCUT2D eigenvalue weighted by Gasteiger charge is -2.26. The number of fused-ring (bicyclic) bond motifs is 3. The van der Waals surface area contributed by atoms with Crippen LogP contribution in [-0.2, 0) is 28.7 Å². The molecule has 6 nitrogen and oxygen atoms in total. The Labute approximate surface area is 89.9 Å². The van der Waals surface area contributed by atoms with E-state index in [1.54, 1.807) is 0 Å². The summed E-state index contributed by atoms with van der Waals surface area (Å²) in [5, 5.41) is 0. The van der Waals surface area contributed by atoms with Crippen molar-refractivity contribution in [1.82, 2.24) is 0 Å². The van der Waals surface area contributed by atoms with Crippen molar-refractivity contribution in [3.8, 4) is 0 Å². The van der Waals surface area contributed by atoms with Gasteiger partial charge < -0.3 is 9.47 Å². The maximum Gasteiger partial charge on any atom is 0.318 e. The molecule has 1 saturated carbocycles. The molecule has 0 spiro atoms. The maximum absolute atomic E-state index is 11.5. The van der Waals surface area contributed by atoms with Crippen LogP contribution in [0.4, 0.5) is 0 Å². The minimum Gasteiger partial charge on any atom is -0.393 e. The lowest BCUT2D eigenvalue weighted by molar-refractivity contribution is -0.158. The average Bonchev–Trinajstić information content (AvgIpc) is 2.67. The highest BCUT2D eigenvalue weighted by Crippen LogP contribution is 2.47. The topological polar surface area (TPSA) is 86.7 Å². The molecule has 16 heavy (non-hydrogen) atoms. The predicted molar refractivity (Wildman–Crippen MR) is 45.4 cm³/mol. The van der Waals surface area contributed by atoms with Crippen LogP contribution in [-0.4, -0.2) is 23.9 Å². The van der Waals surface area contributed by atoms with Gasteiger partial charge in [-0.15, -0.1) is 0 Å². The summed E-state index contributed by atoms with van der Waals surface area (Å²) in [4.78, 5) is 45.5. The number of carbonyl (C=O) groups excluding carboxylic acids is 4. The smallest absolute Gasteiger partial charge is 0.318 e. The van der Waals surface area contributed by atoms with Gasteiger partial charge in [-0.3, -0.25) is 19.2 Å². The molecule has 0 aromatic heterocycles. The first kappa shape index (κ1) is 9.50. The van der Waals surface area contributed by atoms with Crippen molar-refractivity contribution in [2.75, 3.05) is 0 Å². The van der Waals surface area contributed by atoms with E-state index in [9.17, 15) is 19.2 Å². The molecular formula is C10H8O6. The lowest BCUT2D eigenvalue weighted by Crippen LogP contribution is -2.38. The Morgan fingerprint density at radius 2 is 1.06 bits per heavy atom. The zero-order valence-corrected chi connectivity index (χ0v) is 8.17. The van der Waals surface area contributed by atoms with E-state index in [4.69, 9.17) is 0 Å². The van der Waals surface area contributed by atoms with E-state index in [2.05, 4.69) is 9.47 Å². The van der Waals surface area contributed by atoms with Crippen LogP contribution in [0.25, 0.3) is 0 Å². The van der Waals surface area contributed by atoms with Crippen LogP contribution >= 0.6 is 0 Å². The van der Waals surface area contributed by atoms with E-state index in [0.29, 0.717) is 12.8 Å². The molecule has 1 aliphatic carbocycles. The van der Waals surface area contributed by atoms with Gasteiger partial charge in [0.1, 0.15) is 0 Å². The fraction of sp³-hybridized carbons (Fsp3) is 0.600. The molecule has 0 radical (unpaired) electrons. The van der Waals surface area contributed by atoms with E-state index in [-0.39, 0.29) is 0 Å². The molecule has 3 fully saturated rings. The van der Waals surface area contributed by atoms with Crippen LogP contribution in [0, 0.1) is 23.7 Å². The molecule has 3 rings (SSSR count). The minimum absolute atomic E-state index is 0.402. The average molecular weight is 224 g/mol. The summed E-state index contributed by atoms with van der Waals surface area (Å²) in [6.45, 7) is 0. The normalized spacial score (nSPS) is 41.5. The van der Waals surface area contributed by atoms with Crippen LogP contribution in [0.2, 0.25) is 0 Å². The molecule has 0 amide bonds. The van der Waals surface area contributed by atoms with Crippen molar-refractivity contribution in [3.05, 3.63) is 0 Å². The van der Waals surface area contributed by atoms with E-state index >= 15 is 0 Å². The molecule has 3 aliphatic rings. The molecule has 0 bridgehead atoms. The van der Waals surface area contributed by atoms with E-state index in [1.807, 2.05) is 0 Å². The summed E-state index contributed by atoms with van der Waals surface area (Å²) in [7, 11) is 0. The number of esters is 4. The zero-order valence-electron chi connectivity index (χ0n) is 8.17. The Morgan fingerprint density at radius 3 is 1.44 bits per heavy atom. The molecule has 0 N–H and O–H groups in total. The highest BCUT2D eigenvalue weighted by atomic mass is 16.6. The molecule has 0 aromatic rings. The quantitative estimate of drug-likeness (QED) is 0.404. The van der Waals surface area contributed by atoms with Crippen molar-refractivity contribution >= 4 is 23.9 Å². The highest BCUT2D eigenvalue weighted by molar-refractivity contribution is 6.04. The SMILES string of the molecule is O=C1OC(=O)[C@@H]2CC[C@H]3C(=O)OC(=O)[C@H]3[C@H]12. The van der Waals surface area contributed by atoms with E-state index in [1.165, 1.54) is 0 Å². The molecule has 84 valence electrons. The maximum atomic E-state index is 11.5. The van der Waals surface area contributed by atoms with Crippen LogP contribution < -0.4 is 0 Å². The molecule has 0 aromatic carbocycles. The third-order valence-electron chi connectivity index (χ3n) is 3.59. The molecule has 6 heteroatoms. The third-order valence-corrected chi connectivity index (χ3v) is 3.59. The number of hydrogen-bond donors (Lipinski definition) is 0. The summed E-state index contributed by atoms with van der Waals surface area (Å²) in [6, 6.07) is 0. The van der Waals surface area contributed by atoms with Gasteiger partial charge in [0.2, 0.25) is 0 Å². The van der Waals surface area contributed by atoms with Crippen molar-refractivity contribution < 1.29 is 28.7 Å². The van der Waals surface area contributed by atoms with E-state index in [0.717, 1.165) is 0 Å². The largest absolute Gasteiger partial charge is 0.393 e. The van der Waals surface area contributed by atoms with E-state index < -0.39 is 47.5 Å². The van der Waals surface area contributed by atoms with Crippen LogP contribution in [0.5, 0.6) is 0 Å². The first-order valence-corrected chi connectivity index (χ1v) is 5.10. The Hall–Kier alpha value is -1.72. The second-order valence-corrected chi connectivity index (χ2v) is 4.32. The van der Waals surface area contributed by atoms with Gasteiger partial charge in [-0.1, -0.05) is 0 Å². The summed E-state index contributed by atoms with van der Waals surface area (Å²) >= 11 is 0. The van der Waals surface area contributed by atoms with Gasteiger partial charge in [0, 0.05) is 0 Å². The zero-order chi connectivity index (χ0) is 11.4. The fourth-order valence-electron chi connectivity index (χ4n) is 2.86. The summed E-state index contributed by atoms with van der Waals surface area (Å²) in [5.74, 6) is -5.34. The van der Waals surface area contributed by atoms with Gasteiger partial charge in [-0.05, 0) is 12.8 Å². The molecule has 2 aliphatic heterocycles. The first-order chi connectivity index (χ1) is 7.59. The minimum atomic E-state index is -0.815. The van der Waals surface area contributed by atoms with Crippen molar-refractivity contribution in [3.63, 3.8) is 0 Å². The second-order valence-electron chi connectivity index (χ2n) is 4.32. The molecular weight excluding hydrogens is 216 g/mol. The summed E-state index contributed by atoms with van der Waals surface area (Å²) < 4.78 is 9.01. The number of carbonyl (C=O) groups is 4. The third kappa shape index (κ3) is 1.01. The fourth-order valence-corrected chi connectivity index (χ4v) is 2.86. The Morgan fingerprint density at radius 1 is 0.688 bits per heavy atom. The van der Waals surface area contributed by atoms with Crippen molar-refractivity contribution in [2.45, 2.75) is 12.8 Å². The Bertz CT molecular complexity index is 385. The number of hydrogen-bond acceptors (Lipinski definition) is 6. The highest BCUT2D eigenvalue weighted by Gasteiger charge is 2.61. The van der Waals surface area contributed by atoms with Gasteiger partial charge in [0.25, 0.3) is 0 Å². The Balaban J connectivity index is 2.01. The summed E-state index contributed by atoms with van der Waals surface area (Å²) in [6.07, 6.45) is 0.803. The van der Waals surface area contributed by atoms with Crippen molar-refractivity contribution in [1.29, 1.82) is 0 Å². The van der Waals surface area contributed by atoms with Crippen molar-refractivity contribution in [2.24, 2.45) is 23.7 Å². The molecule has 0 unspecified atom stereocenters. The van der Waals surface area contributed by atoms with Gasteiger partial charge in [-0.25, -0.2) is 0 Å².